The van der Waals surface area contributed by atoms with Crippen molar-refractivity contribution >= 4 is 11.6 Å². The summed E-state index contributed by atoms with van der Waals surface area (Å²) in [5.74, 6) is 1.06. The van der Waals surface area contributed by atoms with Crippen molar-refractivity contribution in [3.63, 3.8) is 0 Å². The van der Waals surface area contributed by atoms with Crippen molar-refractivity contribution in [2.75, 3.05) is 6.61 Å². The first-order valence-electron chi connectivity index (χ1n) is 8.19. The Balaban J connectivity index is 2.01. The largest absolute Gasteiger partial charge is 0.494 e. The molecule has 0 aliphatic heterocycles. The normalized spacial score (nSPS) is 11.5. The Morgan fingerprint density at radius 1 is 1.04 bits per heavy atom. The van der Waals surface area contributed by atoms with Gasteiger partial charge in [-0.05, 0) is 67.3 Å². The van der Waals surface area contributed by atoms with Gasteiger partial charge in [0.05, 0.1) is 12.3 Å². The van der Waals surface area contributed by atoms with Gasteiger partial charge in [-0.2, -0.15) is 5.10 Å². The summed E-state index contributed by atoms with van der Waals surface area (Å²) in [6, 6.07) is 15.2. The van der Waals surface area contributed by atoms with Gasteiger partial charge < -0.3 is 4.74 Å². The Labute approximate surface area is 143 Å². The van der Waals surface area contributed by atoms with Crippen LogP contribution in [0.15, 0.2) is 53.6 Å². The summed E-state index contributed by atoms with van der Waals surface area (Å²) >= 11 is 0. The van der Waals surface area contributed by atoms with E-state index in [1.54, 1.807) is 0 Å². The third kappa shape index (κ3) is 4.69. The molecule has 0 aliphatic carbocycles. The zero-order chi connectivity index (χ0) is 17.5. The van der Waals surface area contributed by atoms with Gasteiger partial charge in [-0.3, -0.25) is 4.79 Å². The van der Waals surface area contributed by atoms with Gasteiger partial charge in [0, 0.05) is 5.56 Å². The highest BCUT2D eigenvalue weighted by Crippen LogP contribution is 2.15. The SMILES string of the molecule is CCOc1ccc(/C(C)=N/NC(=O)c2ccc(C(C)C)cc2)cc1. The van der Waals surface area contributed by atoms with E-state index < -0.39 is 0 Å². The van der Waals surface area contributed by atoms with Gasteiger partial charge in [0.2, 0.25) is 0 Å². The molecule has 0 radical (unpaired) electrons. The van der Waals surface area contributed by atoms with Crippen molar-refractivity contribution in [3.8, 4) is 5.75 Å². The summed E-state index contributed by atoms with van der Waals surface area (Å²) < 4.78 is 5.41. The molecule has 0 saturated heterocycles. The zero-order valence-corrected chi connectivity index (χ0v) is 14.7. The summed E-state index contributed by atoms with van der Waals surface area (Å²) in [5.41, 5.74) is 6.09. The lowest BCUT2D eigenvalue weighted by atomic mass is 10.0. The van der Waals surface area contributed by atoms with Crippen LogP contribution < -0.4 is 10.2 Å². The molecule has 2 aromatic rings. The van der Waals surface area contributed by atoms with E-state index in [0.29, 0.717) is 18.1 Å². The van der Waals surface area contributed by atoms with Crippen molar-refractivity contribution in [2.24, 2.45) is 5.10 Å². The molecule has 4 nitrogen and oxygen atoms in total. The molecular formula is C20H24N2O2. The number of nitrogens with one attached hydrogen (secondary N) is 1. The topological polar surface area (TPSA) is 50.7 Å². The van der Waals surface area contributed by atoms with E-state index >= 15 is 0 Å². The number of amides is 1. The van der Waals surface area contributed by atoms with Crippen LogP contribution in [0.2, 0.25) is 0 Å². The second-order valence-corrected chi connectivity index (χ2v) is 5.87. The Bertz CT molecular complexity index is 701. The molecule has 24 heavy (non-hydrogen) atoms. The quantitative estimate of drug-likeness (QED) is 0.634. The Morgan fingerprint density at radius 2 is 1.62 bits per heavy atom. The van der Waals surface area contributed by atoms with Gasteiger partial charge in [-0.1, -0.05) is 26.0 Å². The zero-order valence-electron chi connectivity index (χ0n) is 14.7. The highest BCUT2D eigenvalue weighted by Gasteiger charge is 2.06. The van der Waals surface area contributed by atoms with Crippen LogP contribution >= 0.6 is 0 Å². The van der Waals surface area contributed by atoms with E-state index in [-0.39, 0.29) is 5.91 Å². The number of carbonyl (C=O) groups is 1. The van der Waals surface area contributed by atoms with Gasteiger partial charge >= 0.3 is 0 Å². The number of ether oxygens (including phenoxy) is 1. The lowest BCUT2D eigenvalue weighted by Crippen LogP contribution is -2.19. The number of carbonyl (C=O) groups excluding carboxylic acids is 1. The molecule has 4 heteroatoms. The lowest BCUT2D eigenvalue weighted by molar-refractivity contribution is 0.0955. The predicted molar refractivity (Wildman–Crippen MR) is 97.8 cm³/mol. The van der Waals surface area contributed by atoms with E-state index in [0.717, 1.165) is 17.0 Å². The monoisotopic (exact) mass is 324 g/mol. The highest BCUT2D eigenvalue weighted by molar-refractivity contribution is 6.00. The average molecular weight is 324 g/mol. The Morgan fingerprint density at radius 3 is 2.17 bits per heavy atom. The molecule has 0 spiro atoms. The summed E-state index contributed by atoms with van der Waals surface area (Å²) in [6.45, 7) is 8.69. The van der Waals surface area contributed by atoms with Gasteiger partial charge in [0.15, 0.2) is 0 Å². The number of hydrazone groups is 1. The molecule has 0 bridgehead atoms. The minimum absolute atomic E-state index is 0.212. The van der Waals surface area contributed by atoms with Gasteiger partial charge in [0.25, 0.3) is 5.91 Å². The molecule has 1 amide bonds. The number of rotatable bonds is 6. The first-order valence-corrected chi connectivity index (χ1v) is 8.19. The highest BCUT2D eigenvalue weighted by atomic mass is 16.5. The van der Waals surface area contributed by atoms with Crippen molar-refractivity contribution in [1.29, 1.82) is 0 Å². The predicted octanol–water partition coefficient (Wildman–Crippen LogP) is 4.36. The first kappa shape index (κ1) is 17.7. The van der Waals surface area contributed by atoms with Crippen LogP contribution in [0.25, 0.3) is 0 Å². The summed E-state index contributed by atoms with van der Waals surface area (Å²) in [5, 5.41) is 4.18. The van der Waals surface area contributed by atoms with E-state index in [1.807, 2.05) is 62.4 Å². The molecule has 2 aromatic carbocycles. The van der Waals surface area contributed by atoms with Crippen molar-refractivity contribution in [3.05, 3.63) is 65.2 Å². The minimum Gasteiger partial charge on any atom is -0.494 e. The fourth-order valence-corrected chi connectivity index (χ4v) is 2.24. The number of nitrogens with zero attached hydrogens (tertiary/aromatic N) is 1. The standard InChI is InChI=1S/C20H24N2O2/c1-5-24-19-12-10-17(11-13-19)15(4)21-22-20(23)18-8-6-16(7-9-18)14(2)3/h6-14H,5H2,1-4H3,(H,22,23)/b21-15+. The maximum absolute atomic E-state index is 12.2. The van der Waals surface area contributed by atoms with Crippen LogP contribution in [0.3, 0.4) is 0 Å². The van der Waals surface area contributed by atoms with Gasteiger partial charge in [-0.15, -0.1) is 0 Å². The third-order valence-electron chi connectivity index (χ3n) is 3.75. The van der Waals surface area contributed by atoms with Crippen molar-refractivity contribution in [2.45, 2.75) is 33.6 Å². The lowest BCUT2D eigenvalue weighted by Gasteiger charge is -2.07. The van der Waals surface area contributed by atoms with E-state index in [2.05, 4.69) is 24.4 Å². The van der Waals surface area contributed by atoms with Gasteiger partial charge in [-0.25, -0.2) is 5.43 Å². The van der Waals surface area contributed by atoms with Gasteiger partial charge in [0.1, 0.15) is 5.75 Å². The molecule has 0 fully saturated rings. The maximum atomic E-state index is 12.2. The summed E-state index contributed by atoms with van der Waals surface area (Å²) in [4.78, 5) is 12.2. The fourth-order valence-electron chi connectivity index (χ4n) is 2.24. The molecule has 2 rings (SSSR count). The van der Waals surface area contributed by atoms with Crippen LogP contribution in [-0.4, -0.2) is 18.2 Å². The average Bonchev–Trinajstić information content (AvgIpc) is 2.60. The second kappa shape index (κ2) is 8.29. The molecule has 0 aromatic heterocycles. The third-order valence-corrected chi connectivity index (χ3v) is 3.75. The van der Waals surface area contributed by atoms with Crippen LogP contribution in [0.5, 0.6) is 5.75 Å². The molecule has 0 unspecified atom stereocenters. The van der Waals surface area contributed by atoms with E-state index in [1.165, 1.54) is 5.56 Å². The van der Waals surface area contributed by atoms with Crippen LogP contribution in [0, 0.1) is 0 Å². The van der Waals surface area contributed by atoms with Crippen LogP contribution in [0.1, 0.15) is 55.1 Å². The number of hydrogen-bond donors (Lipinski definition) is 1. The maximum Gasteiger partial charge on any atom is 0.271 e. The first-order chi connectivity index (χ1) is 11.5. The molecule has 0 atom stereocenters. The minimum atomic E-state index is -0.212. The Hall–Kier alpha value is -2.62. The molecule has 0 heterocycles. The summed E-state index contributed by atoms with van der Waals surface area (Å²) in [7, 11) is 0. The van der Waals surface area contributed by atoms with E-state index in [4.69, 9.17) is 4.74 Å². The van der Waals surface area contributed by atoms with Crippen molar-refractivity contribution in [1.82, 2.24) is 5.43 Å². The summed E-state index contributed by atoms with van der Waals surface area (Å²) in [6.07, 6.45) is 0. The smallest absolute Gasteiger partial charge is 0.271 e. The second-order valence-electron chi connectivity index (χ2n) is 5.87. The molecule has 0 saturated carbocycles. The van der Waals surface area contributed by atoms with Crippen molar-refractivity contribution < 1.29 is 9.53 Å². The number of benzene rings is 2. The fraction of sp³-hybridized carbons (Fsp3) is 0.300. The molecular weight excluding hydrogens is 300 g/mol. The van der Waals surface area contributed by atoms with E-state index in [9.17, 15) is 4.79 Å². The Kier molecular flexibility index (Phi) is 6.13. The van der Waals surface area contributed by atoms with Crippen LogP contribution in [0.4, 0.5) is 0 Å². The molecule has 1 N–H and O–H groups in total. The number of hydrogen-bond acceptors (Lipinski definition) is 3. The van der Waals surface area contributed by atoms with Crippen LogP contribution in [-0.2, 0) is 0 Å². The molecule has 0 aliphatic rings. The molecule has 126 valence electrons.